The molecule has 10 heteroatoms. The molecule has 1 fully saturated rings. The van der Waals surface area contributed by atoms with E-state index in [-0.39, 0.29) is 24.0 Å². The van der Waals surface area contributed by atoms with E-state index in [1.165, 1.54) is 12.1 Å². The number of nitrogens with zero attached hydrogens (tertiary/aromatic N) is 4. The van der Waals surface area contributed by atoms with Crippen LogP contribution in [-0.2, 0) is 28.9 Å². The van der Waals surface area contributed by atoms with Crippen molar-refractivity contribution in [1.82, 2.24) is 14.7 Å². The number of quaternary nitrogens is 1. The number of carbonyl (C=O) groups is 1. The molecule has 1 aromatic carbocycles. The average Bonchev–Trinajstić information content (AvgIpc) is 3.39. The zero-order valence-electron chi connectivity index (χ0n) is 24.3. The minimum Gasteiger partial charge on any atom is -0.434 e. The molecule has 0 radical (unpaired) electrons. The standard InChI is InChI=1S/C31H42FN4O5/c1-3-4-5-8-19-39-31(38)40-21-36(18-14-25-22(2)33-28-9-6-7-15-35(28)30(25)37)16-12-23(13-17-36)29-26-11-10-24(32)20-27(26)41-34-29/h10-11,20,23H,3-9,12-19,21H2,1-2H3/q+1. The SMILES string of the molecule is CCCCCCOC(=O)OC[N+]1(CCc2c(C)nc3n(c2=O)CCCC3)CCC(c2noc3cc(F)ccc23)CC1. The van der Waals surface area contributed by atoms with Gasteiger partial charge < -0.3 is 14.0 Å². The number of hydrogen-bond donors (Lipinski definition) is 0. The predicted molar refractivity (Wildman–Crippen MR) is 152 cm³/mol. The first-order valence-corrected chi connectivity index (χ1v) is 15.2. The number of ether oxygens (including phenoxy) is 2. The summed E-state index contributed by atoms with van der Waals surface area (Å²) in [7, 11) is 0. The van der Waals surface area contributed by atoms with E-state index < -0.39 is 6.16 Å². The maximum atomic E-state index is 13.7. The molecule has 2 aromatic heterocycles. The fraction of sp³-hybridized carbons (Fsp3) is 0.613. The summed E-state index contributed by atoms with van der Waals surface area (Å²) >= 11 is 0. The number of benzene rings is 1. The maximum Gasteiger partial charge on any atom is 0.512 e. The van der Waals surface area contributed by atoms with Gasteiger partial charge >= 0.3 is 6.16 Å². The van der Waals surface area contributed by atoms with Crippen molar-refractivity contribution in [2.24, 2.45) is 0 Å². The van der Waals surface area contributed by atoms with E-state index in [1.807, 2.05) is 11.5 Å². The van der Waals surface area contributed by atoms with Gasteiger partial charge in [0, 0.05) is 60.9 Å². The Morgan fingerprint density at radius 3 is 2.80 bits per heavy atom. The fourth-order valence-electron chi connectivity index (χ4n) is 6.31. The van der Waals surface area contributed by atoms with Crippen molar-refractivity contribution in [3.05, 3.63) is 57.1 Å². The Hall–Kier alpha value is -3.27. The molecule has 4 heterocycles. The van der Waals surface area contributed by atoms with E-state index in [4.69, 9.17) is 19.0 Å². The Labute approximate surface area is 240 Å². The highest BCUT2D eigenvalue weighted by Crippen LogP contribution is 2.35. The summed E-state index contributed by atoms with van der Waals surface area (Å²) < 4.78 is 32.5. The van der Waals surface area contributed by atoms with Gasteiger partial charge in [-0.3, -0.25) is 13.8 Å². The third kappa shape index (κ3) is 6.80. The van der Waals surface area contributed by atoms with Crippen LogP contribution in [0.4, 0.5) is 9.18 Å². The molecule has 0 unspecified atom stereocenters. The smallest absolute Gasteiger partial charge is 0.434 e. The van der Waals surface area contributed by atoms with Gasteiger partial charge in [0.1, 0.15) is 11.6 Å². The number of halogens is 1. The van der Waals surface area contributed by atoms with Crippen LogP contribution in [0, 0.1) is 12.7 Å². The summed E-state index contributed by atoms with van der Waals surface area (Å²) in [5, 5.41) is 5.12. The van der Waals surface area contributed by atoms with Crippen LogP contribution in [0.5, 0.6) is 0 Å². The van der Waals surface area contributed by atoms with Gasteiger partial charge in [0.05, 0.1) is 31.9 Å². The number of likely N-dealkylation sites (tertiary alicyclic amines) is 1. The maximum absolute atomic E-state index is 13.7. The molecule has 0 N–H and O–H groups in total. The number of piperidine rings is 1. The number of fused-ring (bicyclic) bond motifs is 2. The Bertz CT molecular complexity index is 1410. The van der Waals surface area contributed by atoms with E-state index in [2.05, 4.69) is 12.1 Å². The Balaban J connectivity index is 1.29. The molecule has 0 aliphatic carbocycles. The van der Waals surface area contributed by atoms with Gasteiger partial charge in [-0.15, -0.1) is 0 Å². The molecular weight excluding hydrogens is 527 g/mol. The van der Waals surface area contributed by atoms with Gasteiger partial charge in [-0.05, 0) is 38.3 Å². The van der Waals surface area contributed by atoms with E-state index in [1.54, 1.807) is 6.07 Å². The number of aromatic nitrogens is 3. The summed E-state index contributed by atoms with van der Waals surface area (Å²) in [6.45, 7) is 7.46. The molecule has 0 saturated carbocycles. The average molecular weight is 570 g/mol. The lowest BCUT2D eigenvalue weighted by Gasteiger charge is -2.42. The van der Waals surface area contributed by atoms with Crippen LogP contribution in [0.2, 0.25) is 0 Å². The zero-order chi connectivity index (χ0) is 28.8. The largest absolute Gasteiger partial charge is 0.512 e. The lowest BCUT2D eigenvalue weighted by molar-refractivity contribution is -0.948. The quantitative estimate of drug-likeness (QED) is 0.164. The van der Waals surface area contributed by atoms with Gasteiger partial charge in [0.2, 0.25) is 6.73 Å². The summed E-state index contributed by atoms with van der Waals surface area (Å²) in [5.41, 5.74) is 2.91. The van der Waals surface area contributed by atoms with Gasteiger partial charge in [-0.1, -0.05) is 31.3 Å². The molecule has 5 rings (SSSR count). The van der Waals surface area contributed by atoms with Gasteiger partial charge in [-0.2, -0.15) is 0 Å². The molecule has 222 valence electrons. The van der Waals surface area contributed by atoms with Crippen molar-refractivity contribution in [3.63, 3.8) is 0 Å². The summed E-state index contributed by atoms with van der Waals surface area (Å²) in [6.07, 6.45) is 8.51. The van der Waals surface area contributed by atoms with E-state index in [9.17, 15) is 14.0 Å². The molecule has 2 aliphatic heterocycles. The monoisotopic (exact) mass is 569 g/mol. The molecule has 0 bridgehead atoms. The van der Waals surface area contributed by atoms with E-state index >= 15 is 0 Å². The van der Waals surface area contributed by atoms with Crippen LogP contribution in [-0.4, -0.2) is 58.3 Å². The van der Waals surface area contributed by atoms with Crippen LogP contribution in [0.3, 0.4) is 0 Å². The molecule has 3 aromatic rings. The van der Waals surface area contributed by atoms with Crippen LogP contribution in [0.15, 0.2) is 27.5 Å². The van der Waals surface area contributed by atoms with E-state index in [0.29, 0.717) is 29.6 Å². The Kier molecular flexibility index (Phi) is 9.37. The summed E-state index contributed by atoms with van der Waals surface area (Å²) in [6, 6.07) is 4.53. The van der Waals surface area contributed by atoms with Crippen LogP contribution < -0.4 is 5.56 Å². The highest BCUT2D eigenvalue weighted by atomic mass is 19.1. The van der Waals surface area contributed by atoms with Crippen molar-refractivity contribution in [2.75, 3.05) is 33.0 Å². The van der Waals surface area contributed by atoms with Gasteiger partial charge in [-0.25, -0.2) is 14.2 Å². The number of aryl methyl sites for hydroxylation is 2. The van der Waals surface area contributed by atoms with Crippen molar-refractivity contribution in [2.45, 2.75) is 90.5 Å². The number of unbranched alkanes of at least 4 members (excludes halogenated alkanes) is 3. The van der Waals surface area contributed by atoms with Gasteiger partial charge in [0.15, 0.2) is 5.58 Å². The first-order chi connectivity index (χ1) is 19.9. The molecule has 9 nitrogen and oxygen atoms in total. The van der Waals surface area contributed by atoms with Gasteiger partial charge in [0.25, 0.3) is 5.56 Å². The normalized spacial score (nSPS) is 20.6. The molecule has 1 saturated heterocycles. The topological polar surface area (TPSA) is 96.5 Å². The van der Waals surface area contributed by atoms with Crippen LogP contribution >= 0.6 is 0 Å². The lowest BCUT2D eigenvalue weighted by Crippen LogP contribution is -2.55. The molecule has 0 amide bonds. The van der Waals surface area contributed by atoms with Crippen molar-refractivity contribution < 1.29 is 27.7 Å². The van der Waals surface area contributed by atoms with E-state index in [0.717, 1.165) is 106 Å². The number of carbonyl (C=O) groups excluding carboxylic acids is 1. The minimum absolute atomic E-state index is 0.0638. The number of rotatable bonds is 11. The van der Waals surface area contributed by atoms with Crippen LogP contribution in [0.25, 0.3) is 11.0 Å². The third-order valence-corrected chi connectivity index (χ3v) is 8.84. The lowest BCUT2D eigenvalue weighted by atomic mass is 9.90. The first kappa shape index (κ1) is 29.2. The van der Waals surface area contributed by atoms with Crippen molar-refractivity contribution in [3.8, 4) is 0 Å². The second kappa shape index (κ2) is 13.1. The Morgan fingerprint density at radius 2 is 2.00 bits per heavy atom. The first-order valence-electron chi connectivity index (χ1n) is 15.2. The third-order valence-electron chi connectivity index (χ3n) is 8.84. The number of hydrogen-bond acceptors (Lipinski definition) is 7. The second-order valence-electron chi connectivity index (χ2n) is 11.7. The molecular formula is C31H42FN4O5+. The zero-order valence-corrected chi connectivity index (χ0v) is 24.3. The fourth-order valence-corrected chi connectivity index (χ4v) is 6.31. The molecule has 0 atom stereocenters. The van der Waals surface area contributed by atoms with Crippen LogP contribution in [0.1, 0.15) is 87.0 Å². The molecule has 2 aliphatic rings. The summed E-state index contributed by atoms with van der Waals surface area (Å²) in [4.78, 5) is 30.6. The minimum atomic E-state index is -0.641. The molecule has 0 spiro atoms. The van der Waals surface area contributed by atoms with Crippen molar-refractivity contribution >= 4 is 17.1 Å². The highest BCUT2D eigenvalue weighted by molar-refractivity contribution is 5.79. The highest BCUT2D eigenvalue weighted by Gasteiger charge is 2.38. The second-order valence-corrected chi connectivity index (χ2v) is 11.7. The summed E-state index contributed by atoms with van der Waals surface area (Å²) in [5.74, 6) is 0.685. The molecule has 41 heavy (non-hydrogen) atoms. The van der Waals surface area contributed by atoms with Crippen molar-refractivity contribution in [1.29, 1.82) is 0 Å². The predicted octanol–water partition coefficient (Wildman–Crippen LogP) is 5.80. The Morgan fingerprint density at radius 1 is 1.17 bits per heavy atom.